The lowest BCUT2D eigenvalue weighted by atomic mass is 9.86. The van der Waals surface area contributed by atoms with E-state index in [9.17, 15) is 0 Å². The number of pyridine rings is 1. The second kappa shape index (κ2) is 12.9. The highest BCUT2D eigenvalue weighted by atomic mass is 32.2. The van der Waals surface area contributed by atoms with Gasteiger partial charge in [0.2, 0.25) is 0 Å². The zero-order valence-electron chi connectivity index (χ0n) is 23.8. The average molecular weight is 547 g/mol. The van der Waals surface area contributed by atoms with Crippen LogP contribution in [-0.4, -0.2) is 34.8 Å². The first-order chi connectivity index (χ1) is 18.8. The molecule has 1 aromatic carbocycles. The molecule has 0 amide bonds. The number of likely N-dealkylation sites (N-methyl/N-ethyl adjacent to an activating group) is 1. The predicted molar refractivity (Wildman–Crippen MR) is 164 cm³/mol. The molecule has 7 nitrogen and oxygen atoms in total. The van der Waals surface area contributed by atoms with Crippen molar-refractivity contribution >= 4 is 29.1 Å². The Balaban J connectivity index is 2.10. The van der Waals surface area contributed by atoms with E-state index < -0.39 is 0 Å². The van der Waals surface area contributed by atoms with Gasteiger partial charge in [0.15, 0.2) is 0 Å². The Labute approximate surface area is 236 Å². The molecule has 6 N–H and O–H groups in total. The number of rotatable bonds is 9. The molecule has 0 aliphatic carbocycles. The number of benzene rings is 1. The maximum Gasteiger partial charge on any atom is 0.142 e. The first-order valence-corrected chi connectivity index (χ1v) is 14.5. The number of hydrazine groups is 1. The van der Waals surface area contributed by atoms with Crippen LogP contribution < -0.4 is 16.7 Å². The number of allylic oxidation sites excluding steroid dienone is 3. The van der Waals surface area contributed by atoms with Crippen molar-refractivity contribution in [1.82, 2.24) is 14.6 Å². The van der Waals surface area contributed by atoms with Crippen LogP contribution in [0.15, 0.2) is 76.1 Å². The minimum Gasteiger partial charge on any atom is -0.401 e. The number of aryl methyl sites for hydroxylation is 1. The fraction of sp³-hybridized carbons (Fsp3) is 0.387. The first kappa shape index (κ1) is 29.0. The van der Waals surface area contributed by atoms with Gasteiger partial charge in [-0.3, -0.25) is 5.14 Å². The Bertz CT molecular complexity index is 1380. The molecular formula is C31H42N6OS. The van der Waals surface area contributed by atoms with Gasteiger partial charge in [0.1, 0.15) is 10.7 Å². The summed E-state index contributed by atoms with van der Waals surface area (Å²) in [6.45, 7) is 9.88. The van der Waals surface area contributed by atoms with Crippen LogP contribution in [-0.2, 0) is 4.74 Å². The number of hydrogen-bond donors (Lipinski definition) is 3. The van der Waals surface area contributed by atoms with Gasteiger partial charge in [-0.2, -0.15) is 0 Å². The Kier molecular flexibility index (Phi) is 9.56. The summed E-state index contributed by atoms with van der Waals surface area (Å²) in [5, 5.41) is 9.50. The molecule has 2 aromatic heterocycles. The maximum absolute atomic E-state index is 6.40. The van der Waals surface area contributed by atoms with E-state index in [1.807, 2.05) is 20.0 Å². The molecule has 3 heterocycles. The second-order valence-corrected chi connectivity index (χ2v) is 11.1. The minimum atomic E-state index is 0.0718. The van der Waals surface area contributed by atoms with Gasteiger partial charge in [-0.15, -0.1) is 0 Å². The van der Waals surface area contributed by atoms with E-state index in [2.05, 4.69) is 73.9 Å². The zero-order chi connectivity index (χ0) is 28.1. The highest BCUT2D eigenvalue weighted by molar-refractivity contribution is 7.97. The van der Waals surface area contributed by atoms with Crippen molar-refractivity contribution in [2.24, 2.45) is 22.6 Å². The molecule has 1 atom stereocenters. The second-order valence-electron chi connectivity index (χ2n) is 10.4. The van der Waals surface area contributed by atoms with Crippen LogP contribution in [0, 0.1) is 12.8 Å². The third-order valence-electron chi connectivity index (χ3n) is 7.63. The van der Waals surface area contributed by atoms with Gasteiger partial charge in [-0.1, -0.05) is 48.9 Å². The molecule has 0 bridgehead atoms. The van der Waals surface area contributed by atoms with Crippen LogP contribution in [0.3, 0.4) is 0 Å². The molecular weight excluding hydrogens is 504 g/mol. The molecule has 0 spiro atoms. The van der Waals surface area contributed by atoms with E-state index in [-0.39, 0.29) is 6.04 Å². The van der Waals surface area contributed by atoms with Crippen LogP contribution in [0.5, 0.6) is 0 Å². The smallest absolute Gasteiger partial charge is 0.142 e. The van der Waals surface area contributed by atoms with Crippen LogP contribution in [0.2, 0.25) is 0 Å². The number of nitrogens with two attached hydrogens (primary N) is 3. The number of aromatic nitrogens is 2. The summed E-state index contributed by atoms with van der Waals surface area (Å²) < 4.78 is 8.20. The Morgan fingerprint density at radius 3 is 2.46 bits per heavy atom. The van der Waals surface area contributed by atoms with Crippen LogP contribution in [0.1, 0.15) is 62.9 Å². The zero-order valence-corrected chi connectivity index (χ0v) is 24.6. The number of hydrogen-bond acceptors (Lipinski definition) is 7. The highest BCUT2D eigenvalue weighted by Gasteiger charge is 2.31. The lowest BCUT2D eigenvalue weighted by Gasteiger charge is -2.33. The molecule has 0 unspecified atom stereocenters. The van der Waals surface area contributed by atoms with E-state index in [4.69, 9.17) is 26.4 Å². The van der Waals surface area contributed by atoms with Gasteiger partial charge in [0, 0.05) is 42.6 Å². The monoisotopic (exact) mass is 546 g/mol. The van der Waals surface area contributed by atoms with Gasteiger partial charge in [0.05, 0.1) is 11.7 Å². The van der Waals surface area contributed by atoms with E-state index in [0.717, 1.165) is 71.1 Å². The van der Waals surface area contributed by atoms with Crippen LogP contribution >= 0.6 is 11.9 Å². The van der Waals surface area contributed by atoms with Crippen molar-refractivity contribution in [1.29, 1.82) is 0 Å². The van der Waals surface area contributed by atoms with E-state index in [1.54, 1.807) is 5.01 Å². The lowest BCUT2D eigenvalue weighted by Crippen LogP contribution is -2.29. The topological polar surface area (TPSA) is 108 Å². The van der Waals surface area contributed by atoms with Gasteiger partial charge in [0.25, 0.3) is 0 Å². The minimum absolute atomic E-state index is 0.0718. The van der Waals surface area contributed by atoms with Crippen molar-refractivity contribution in [2.75, 3.05) is 20.3 Å². The predicted octanol–water partition coefficient (Wildman–Crippen LogP) is 6.06. The Morgan fingerprint density at radius 2 is 1.87 bits per heavy atom. The first-order valence-electron chi connectivity index (χ1n) is 13.6. The van der Waals surface area contributed by atoms with Gasteiger partial charge in [-0.05, 0) is 87.2 Å². The molecule has 8 heteroatoms. The van der Waals surface area contributed by atoms with Gasteiger partial charge >= 0.3 is 0 Å². The van der Waals surface area contributed by atoms with Crippen LogP contribution in [0.4, 0.5) is 0 Å². The molecule has 0 saturated carbocycles. The molecule has 1 saturated heterocycles. The molecule has 1 aliphatic rings. The highest BCUT2D eigenvalue weighted by Crippen LogP contribution is 2.40. The molecule has 3 aromatic rings. The van der Waals surface area contributed by atoms with E-state index in [1.165, 1.54) is 23.1 Å². The number of fused-ring (bicyclic) bond motifs is 1. The van der Waals surface area contributed by atoms with E-state index >= 15 is 0 Å². The summed E-state index contributed by atoms with van der Waals surface area (Å²) in [7, 11) is 1.83. The fourth-order valence-corrected chi connectivity index (χ4v) is 5.87. The molecule has 1 fully saturated rings. The van der Waals surface area contributed by atoms with Crippen molar-refractivity contribution < 1.29 is 4.74 Å². The lowest BCUT2D eigenvalue weighted by molar-refractivity contribution is 0.0546. The SMILES string of the molecule is CC/C(C)=C/C(=C\c1c(C)c2ccc(SN)nc2n1[C@H](c1ccccc1)C1CCOCC1)C(=C(\C)N)/N(C)N. The standard InChI is InChI=1S/C31H42N6OS/c1-6-20(2)18-25(29(22(4)32)36(5)33)19-27-21(3)26-12-13-28(39-34)35-31(26)37(27)30(23-10-8-7-9-11-23)24-14-16-38-17-15-24/h7-13,18-19,24,30H,6,14-17,32-34H2,1-5H3/b20-18+,25-19+,29-22-/t30-/m1/s1. The van der Waals surface area contributed by atoms with Crippen molar-refractivity contribution in [2.45, 2.75) is 58.0 Å². The Morgan fingerprint density at radius 1 is 1.18 bits per heavy atom. The number of ether oxygens (including phenoxy) is 1. The molecule has 208 valence electrons. The van der Waals surface area contributed by atoms with Crippen molar-refractivity contribution in [3.05, 3.63) is 87.9 Å². The Hall–Kier alpha value is -3.04. The van der Waals surface area contributed by atoms with Crippen molar-refractivity contribution in [3.8, 4) is 0 Å². The summed E-state index contributed by atoms with van der Waals surface area (Å²) in [4.78, 5) is 5.07. The number of nitrogens with zero attached hydrogens (tertiary/aromatic N) is 3. The third kappa shape index (κ3) is 6.25. The summed E-state index contributed by atoms with van der Waals surface area (Å²) in [6.07, 6.45) is 7.31. The fourth-order valence-electron chi connectivity index (χ4n) is 5.58. The van der Waals surface area contributed by atoms with Crippen LogP contribution in [0.25, 0.3) is 17.1 Å². The summed E-state index contributed by atoms with van der Waals surface area (Å²) >= 11 is 1.17. The molecule has 4 rings (SSSR count). The van der Waals surface area contributed by atoms with Gasteiger partial charge < -0.3 is 20.0 Å². The summed E-state index contributed by atoms with van der Waals surface area (Å²) in [5.74, 6) is 6.73. The largest absolute Gasteiger partial charge is 0.401 e. The third-order valence-corrected chi connectivity index (χ3v) is 8.10. The maximum atomic E-state index is 6.40. The van der Waals surface area contributed by atoms with Crippen molar-refractivity contribution in [3.63, 3.8) is 0 Å². The summed E-state index contributed by atoms with van der Waals surface area (Å²) in [5.41, 5.74) is 14.5. The normalized spacial score (nSPS) is 16.9. The van der Waals surface area contributed by atoms with E-state index in [0.29, 0.717) is 11.6 Å². The quantitative estimate of drug-likeness (QED) is 0.129. The summed E-state index contributed by atoms with van der Waals surface area (Å²) in [6, 6.07) is 15.0. The van der Waals surface area contributed by atoms with Gasteiger partial charge in [-0.25, -0.2) is 10.8 Å². The molecule has 1 aliphatic heterocycles. The molecule has 0 radical (unpaired) electrons. The molecule has 39 heavy (non-hydrogen) atoms. The average Bonchev–Trinajstić information content (AvgIpc) is 3.19.